The van der Waals surface area contributed by atoms with Gasteiger partial charge in [0.15, 0.2) is 4.90 Å². The molecule has 1 aliphatic rings. The first-order chi connectivity index (χ1) is 9.77. The summed E-state index contributed by atoms with van der Waals surface area (Å²) in [5.74, 6) is 0.865. The largest absolute Gasteiger partial charge is 0.388 e. The highest BCUT2D eigenvalue weighted by Gasteiger charge is 2.37. The Balaban J connectivity index is 2.36. The molecule has 8 heteroatoms. The molecule has 0 aliphatic heterocycles. The number of rotatable bonds is 6. The topological polar surface area (TPSA) is 92.6 Å². The zero-order valence-electron chi connectivity index (χ0n) is 12.2. The van der Waals surface area contributed by atoms with E-state index in [1.165, 1.54) is 29.6 Å². The van der Waals surface area contributed by atoms with Crippen molar-refractivity contribution in [3.8, 4) is 0 Å². The standard InChI is InChI=1S/C13H19N3O4S/c1-9-6-10(9)8-15(3)21(19,20)13-5-4-11(14-2)7-12(13)16(17)18/h4-5,7,9-10,14H,6,8H2,1-3H3. The average molecular weight is 313 g/mol. The van der Waals surface area contributed by atoms with E-state index in [2.05, 4.69) is 12.2 Å². The highest BCUT2D eigenvalue weighted by Crippen LogP contribution is 2.39. The minimum absolute atomic E-state index is 0.262. The summed E-state index contributed by atoms with van der Waals surface area (Å²) in [6.07, 6.45) is 1.00. The normalized spacial score (nSPS) is 21.3. The summed E-state index contributed by atoms with van der Waals surface area (Å²) >= 11 is 0. The number of hydrogen-bond acceptors (Lipinski definition) is 5. The maximum Gasteiger partial charge on any atom is 0.291 e. The third-order valence-corrected chi connectivity index (χ3v) is 5.77. The van der Waals surface area contributed by atoms with Crippen LogP contribution in [0.4, 0.5) is 11.4 Å². The Labute approximate surface area is 124 Å². The van der Waals surface area contributed by atoms with Crippen LogP contribution in [0.2, 0.25) is 0 Å². The summed E-state index contributed by atoms with van der Waals surface area (Å²) in [6, 6.07) is 4.04. The number of nitro benzene ring substituents is 1. The molecular formula is C13H19N3O4S. The molecule has 2 atom stereocenters. The first kappa shape index (κ1) is 15.7. The molecule has 21 heavy (non-hydrogen) atoms. The molecule has 0 aromatic heterocycles. The van der Waals surface area contributed by atoms with Gasteiger partial charge in [0, 0.05) is 32.4 Å². The predicted molar refractivity (Wildman–Crippen MR) is 79.7 cm³/mol. The van der Waals surface area contributed by atoms with Gasteiger partial charge in [-0.1, -0.05) is 6.92 Å². The van der Waals surface area contributed by atoms with Gasteiger partial charge in [-0.05, 0) is 30.4 Å². The van der Waals surface area contributed by atoms with E-state index in [4.69, 9.17) is 0 Å². The molecule has 7 nitrogen and oxygen atoms in total. The van der Waals surface area contributed by atoms with Gasteiger partial charge in [0.1, 0.15) is 0 Å². The fourth-order valence-electron chi connectivity index (χ4n) is 2.28. The molecule has 1 saturated carbocycles. The molecular weight excluding hydrogens is 294 g/mol. The lowest BCUT2D eigenvalue weighted by molar-refractivity contribution is -0.387. The van der Waals surface area contributed by atoms with Crippen LogP contribution in [0.15, 0.2) is 23.1 Å². The van der Waals surface area contributed by atoms with Crippen molar-refractivity contribution in [3.05, 3.63) is 28.3 Å². The summed E-state index contributed by atoms with van der Waals surface area (Å²) in [6.45, 7) is 2.46. The van der Waals surface area contributed by atoms with Crippen LogP contribution < -0.4 is 5.32 Å². The van der Waals surface area contributed by atoms with E-state index in [0.29, 0.717) is 24.1 Å². The SMILES string of the molecule is CNc1ccc(S(=O)(=O)N(C)CC2CC2C)c([N+](=O)[O-])c1. The monoisotopic (exact) mass is 313 g/mol. The minimum atomic E-state index is -3.85. The van der Waals surface area contributed by atoms with Crippen molar-refractivity contribution in [2.45, 2.75) is 18.2 Å². The van der Waals surface area contributed by atoms with Crippen molar-refractivity contribution in [3.63, 3.8) is 0 Å². The summed E-state index contributed by atoms with van der Waals surface area (Å²) in [5.41, 5.74) is 0.0941. The highest BCUT2D eigenvalue weighted by atomic mass is 32.2. The Morgan fingerprint density at radius 2 is 2.10 bits per heavy atom. The Morgan fingerprint density at radius 3 is 2.57 bits per heavy atom. The van der Waals surface area contributed by atoms with Crippen molar-refractivity contribution >= 4 is 21.4 Å². The molecule has 116 valence electrons. The van der Waals surface area contributed by atoms with Crippen LogP contribution in [-0.4, -0.2) is 38.3 Å². The predicted octanol–water partition coefficient (Wildman–Crippen LogP) is 1.91. The van der Waals surface area contributed by atoms with Crippen LogP contribution in [0, 0.1) is 22.0 Å². The molecule has 0 bridgehead atoms. The molecule has 0 saturated heterocycles. The van der Waals surface area contributed by atoms with Crippen molar-refractivity contribution in [1.29, 1.82) is 0 Å². The van der Waals surface area contributed by atoms with Gasteiger partial charge in [-0.2, -0.15) is 0 Å². The van der Waals surface area contributed by atoms with Crippen molar-refractivity contribution in [1.82, 2.24) is 4.31 Å². The van der Waals surface area contributed by atoms with E-state index < -0.39 is 20.6 Å². The van der Waals surface area contributed by atoms with Gasteiger partial charge in [0.25, 0.3) is 5.69 Å². The van der Waals surface area contributed by atoms with E-state index >= 15 is 0 Å². The van der Waals surface area contributed by atoms with Crippen molar-refractivity contribution in [2.24, 2.45) is 11.8 Å². The lowest BCUT2D eigenvalue weighted by atomic mass is 10.3. The van der Waals surface area contributed by atoms with Gasteiger partial charge < -0.3 is 5.32 Å². The first-order valence-electron chi connectivity index (χ1n) is 6.70. The fourth-order valence-corrected chi connectivity index (χ4v) is 3.64. The molecule has 2 rings (SSSR count). The lowest BCUT2D eigenvalue weighted by Crippen LogP contribution is -2.29. The lowest BCUT2D eigenvalue weighted by Gasteiger charge is -2.17. The van der Waals surface area contributed by atoms with Crippen LogP contribution in [0.25, 0.3) is 0 Å². The molecule has 1 aliphatic carbocycles. The number of nitro groups is 1. The molecule has 1 N–H and O–H groups in total. The number of hydrogen-bond donors (Lipinski definition) is 1. The molecule has 0 heterocycles. The Bertz CT molecular complexity index is 659. The molecule has 0 amide bonds. The number of nitrogens with zero attached hydrogens (tertiary/aromatic N) is 2. The first-order valence-corrected chi connectivity index (χ1v) is 8.14. The molecule has 0 spiro atoms. The Kier molecular flexibility index (Phi) is 4.20. The van der Waals surface area contributed by atoms with Crippen LogP contribution in [0.3, 0.4) is 0 Å². The van der Waals surface area contributed by atoms with E-state index in [-0.39, 0.29) is 4.90 Å². The third kappa shape index (κ3) is 3.16. The van der Waals surface area contributed by atoms with Gasteiger partial charge in [-0.15, -0.1) is 0 Å². The van der Waals surface area contributed by atoms with Crippen molar-refractivity contribution in [2.75, 3.05) is 26.0 Å². The van der Waals surface area contributed by atoms with E-state index in [0.717, 1.165) is 6.42 Å². The fraction of sp³-hybridized carbons (Fsp3) is 0.538. The average Bonchev–Trinajstić information content (AvgIpc) is 3.13. The third-order valence-electron chi connectivity index (χ3n) is 3.90. The second-order valence-corrected chi connectivity index (χ2v) is 7.46. The number of nitrogens with one attached hydrogen (secondary N) is 1. The molecule has 0 radical (unpaired) electrons. The zero-order valence-corrected chi connectivity index (χ0v) is 13.1. The smallest absolute Gasteiger partial charge is 0.291 e. The summed E-state index contributed by atoms with van der Waals surface area (Å²) < 4.78 is 26.3. The maximum atomic E-state index is 12.5. The Morgan fingerprint density at radius 1 is 1.48 bits per heavy atom. The maximum absolute atomic E-state index is 12.5. The minimum Gasteiger partial charge on any atom is -0.388 e. The van der Waals surface area contributed by atoms with E-state index in [1.54, 1.807) is 7.05 Å². The second-order valence-electron chi connectivity index (χ2n) is 5.45. The zero-order chi connectivity index (χ0) is 15.8. The van der Waals surface area contributed by atoms with Gasteiger partial charge in [0.05, 0.1) is 4.92 Å². The molecule has 1 aromatic rings. The number of sulfonamides is 1. The van der Waals surface area contributed by atoms with E-state index in [9.17, 15) is 18.5 Å². The van der Waals surface area contributed by atoms with Gasteiger partial charge >= 0.3 is 0 Å². The molecule has 1 fully saturated rings. The summed E-state index contributed by atoms with van der Waals surface area (Å²) in [7, 11) is -0.767. The van der Waals surface area contributed by atoms with Gasteiger partial charge in [-0.3, -0.25) is 10.1 Å². The highest BCUT2D eigenvalue weighted by molar-refractivity contribution is 7.89. The van der Waals surface area contributed by atoms with Crippen LogP contribution in [-0.2, 0) is 10.0 Å². The van der Waals surface area contributed by atoms with Crippen LogP contribution >= 0.6 is 0 Å². The molecule has 2 unspecified atom stereocenters. The van der Waals surface area contributed by atoms with Crippen LogP contribution in [0.1, 0.15) is 13.3 Å². The van der Waals surface area contributed by atoms with Crippen LogP contribution in [0.5, 0.6) is 0 Å². The summed E-state index contributed by atoms with van der Waals surface area (Å²) in [5, 5.41) is 13.9. The van der Waals surface area contributed by atoms with Gasteiger partial charge in [-0.25, -0.2) is 12.7 Å². The second kappa shape index (κ2) is 5.61. The van der Waals surface area contributed by atoms with Crippen molar-refractivity contribution < 1.29 is 13.3 Å². The van der Waals surface area contributed by atoms with E-state index in [1.807, 2.05) is 0 Å². The molecule has 1 aromatic carbocycles. The Hall–Kier alpha value is -1.67. The van der Waals surface area contributed by atoms with Gasteiger partial charge in [0.2, 0.25) is 10.0 Å². The number of benzene rings is 1. The number of anilines is 1. The summed E-state index contributed by atoms with van der Waals surface area (Å²) in [4.78, 5) is 10.2. The quantitative estimate of drug-likeness (QED) is 0.639.